The van der Waals surface area contributed by atoms with Gasteiger partial charge in [-0.25, -0.2) is 4.79 Å². The minimum atomic E-state index is -0.558. The van der Waals surface area contributed by atoms with Crippen molar-refractivity contribution in [3.05, 3.63) is 88.4 Å². The van der Waals surface area contributed by atoms with E-state index in [0.29, 0.717) is 30.2 Å². The molecule has 6 nitrogen and oxygen atoms in total. The second-order valence-electron chi connectivity index (χ2n) is 8.36. The van der Waals surface area contributed by atoms with E-state index in [1.54, 1.807) is 19.2 Å². The zero-order chi connectivity index (χ0) is 25.8. The predicted molar refractivity (Wildman–Crippen MR) is 142 cm³/mol. The molecule has 3 aromatic carbocycles. The van der Waals surface area contributed by atoms with Crippen LogP contribution in [0.5, 0.6) is 11.5 Å². The van der Waals surface area contributed by atoms with E-state index in [1.807, 2.05) is 24.3 Å². The number of ether oxygens (including phenoxy) is 3. The summed E-state index contributed by atoms with van der Waals surface area (Å²) in [6.07, 6.45) is 5.07. The van der Waals surface area contributed by atoms with Gasteiger partial charge in [-0.2, -0.15) is 0 Å². The highest BCUT2D eigenvalue weighted by Crippen LogP contribution is 2.29. The summed E-state index contributed by atoms with van der Waals surface area (Å²) in [4.78, 5) is 24.2. The van der Waals surface area contributed by atoms with Crippen LogP contribution in [0.4, 0.5) is 5.69 Å². The lowest BCUT2D eigenvalue weighted by Crippen LogP contribution is -2.13. The highest BCUT2D eigenvalue weighted by atomic mass is 35.5. The molecular formula is C29H32ClNO5. The summed E-state index contributed by atoms with van der Waals surface area (Å²) >= 11 is 6.03. The molecule has 0 unspecified atom stereocenters. The highest BCUT2D eigenvalue weighted by molar-refractivity contribution is 6.33. The Balaban J connectivity index is 1.44. The predicted octanol–water partition coefficient (Wildman–Crippen LogP) is 6.50. The first-order chi connectivity index (χ1) is 17.5. The number of aryl methyl sites for hydroxylation is 2. The van der Waals surface area contributed by atoms with Gasteiger partial charge < -0.3 is 19.5 Å². The van der Waals surface area contributed by atoms with Crippen LogP contribution in [0.2, 0.25) is 5.02 Å². The molecule has 0 atom stereocenters. The molecular weight excluding hydrogens is 478 g/mol. The fraction of sp³-hybridized carbons (Fsp3) is 0.310. The van der Waals surface area contributed by atoms with Crippen LogP contribution in [0.15, 0.2) is 66.7 Å². The van der Waals surface area contributed by atoms with E-state index >= 15 is 0 Å². The smallest absolute Gasteiger partial charge is 0.339 e. The molecule has 1 amide bonds. The largest absolute Gasteiger partial charge is 0.493 e. The molecule has 3 rings (SSSR count). The van der Waals surface area contributed by atoms with E-state index < -0.39 is 5.97 Å². The number of hydrogen-bond donors (Lipinski definition) is 1. The number of methoxy groups -OCH3 is 2. The van der Waals surface area contributed by atoms with Crippen LogP contribution in [0, 0.1) is 0 Å². The van der Waals surface area contributed by atoms with Gasteiger partial charge in [0.2, 0.25) is 5.91 Å². The lowest BCUT2D eigenvalue weighted by Gasteiger charge is -2.12. The second kappa shape index (κ2) is 14.1. The summed E-state index contributed by atoms with van der Waals surface area (Å²) in [5.41, 5.74) is 3.01. The van der Waals surface area contributed by atoms with Gasteiger partial charge in [0, 0.05) is 12.1 Å². The zero-order valence-corrected chi connectivity index (χ0v) is 21.5. The highest BCUT2D eigenvalue weighted by Gasteiger charge is 2.13. The van der Waals surface area contributed by atoms with Gasteiger partial charge in [-0.3, -0.25) is 4.79 Å². The van der Waals surface area contributed by atoms with E-state index in [0.717, 1.165) is 31.2 Å². The molecule has 190 valence electrons. The lowest BCUT2D eigenvalue weighted by molar-refractivity contribution is -0.116. The summed E-state index contributed by atoms with van der Waals surface area (Å²) in [6.45, 7) is 0.627. The molecule has 0 saturated carbocycles. The molecule has 0 aliphatic carbocycles. The van der Waals surface area contributed by atoms with Crippen molar-refractivity contribution in [1.29, 1.82) is 0 Å². The molecule has 0 spiro atoms. The summed E-state index contributed by atoms with van der Waals surface area (Å²) in [5.74, 6) is 0.614. The third kappa shape index (κ3) is 8.31. The van der Waals surface area contributed by atoms with Crippen LogP contribution >= 0.6 is 11.6 Å². The maximum atomic E-state index is 12.4. The van der Waals surface area contributed by atoms with Crippen LogP contribution in [0.1, 0.15) is 47.2 Å². The summed E-state index contributed by atoms with van der Waals surface area (Å²) in [7, 11) is 2.89. The minimum absolute atomic E-state index is 0.178. The Bertz CT molecular complexity index is 1150. The van der Waals surface area contributed by atoms with Gasteiger partial charge >= 0.3 is 5.97 Å². The minimum Gasteiger partial charge on any atom is -0.493 e. The molecule has 0 saturated heterocycles. The van der Waals surface area contributed by atoms with E-state index in [9.17, 15) is 9.59 Å². The maximum absolute atomic E-state index is 12.4. The van der Waals surface area contributed by atoms with Gasteiger partial charge in [0.1, 0.15) is 0 Å². The second-order valence-corrected chi connectivity index (χ2v) is 8.77. The summed E-state index contributed by atoms with van der Waals surface area (Å²) in [5, 5.41) is 3.06. The van der Waals surface area contributed by atoms with Gasteiger partial charge in [0.25, 0.3) is 0 Å². The van der Waals surface area contributed by atoms with Crippen molar-refractivity contribution in [2.75, 3.05) is 26.1 Å². The SMILES string of the molecule is COC(=O)c1cc(NC(=O)CCc2ccc(OCCCCCc3ccccc3)c(OC)c2)ccc1Cl. The molecule has 3 aromatic rings. The Labute approximate surface area is 217 Å². The topological polar surface area (TPSA) is 73.9 Å². The van der Waals surface area contributed by atoms with Gasteiger partial charge in [-0.15, -0.1) is 0 Å². The quantitative estimate of drug-likeness (QED) is 0.210. The number of hydrogen-bond acceptors (Lipinski definition) is 5. The van der Waals surface area contributed by atoms with Crippen LogP contribution in [-0.4, -0.2) is 32.7 Å². The van der Waals surface area contributed by atoms with E-state index in [1.165, 1.54) is 18.7 Å². The molecule has 0 aliphatic heterocycles. The van der Waals surface area contributed by atoms with Crippen molar-refractivity contribution in [3.63, 3.8) is 0 Å². The van der Waals surface area contributed by atoms with Crippen molar-refractivity contribution in [3.8, 4) is 11.5 Å². The van der Waals surface area contributed by atoms with Crippen molar-refractivity contribution in [2.24, 2.45) is 0 Å². The van der Waals surface area contributed by atoms with Gasteiger partial charge in [0.05, 0.1) is 31.4 Å². The van der Waals surface area contributed by atoms with Crippen LogP contribution < -0.4 is 14.8 Å². The maximum Gasteiger partial charge on any atom is 0.339 e. The fourth-order valence-electron chi connectivity index (χ4n) is 3.77. The number of amides is 1. The van der Waals surface area contributed by atoms with E-state index in [2.05, 4.69) is 29.6 Å². The van der Waals surface area contributed by atoms with Crippen molar-refractivity contribution in [2.45, 2.75) is 38.5 Å². The average molecular weight is 510 g/mol. The van der Waals surface area contributed by atoms with E-state index in [-0.39, 0.29) is 22.9 Å². The Morgan fingerprint density at radius 1 is 0.833 bits per heavy atom. The number of nitrogens with one attached hydrogen (secondary N) is 1. The molecule has 1 N–H and O–H groups in total. The van der Waals surface area contributed by atoms with Crippen molar-refractivity contribution >= 4 is 29.2 Å². The number of unbranched alkanes of at least 4 members (excludes halogenated alkanes) is 2. The summed E-state index contributed by atoms with van der Waals surface area (Å²) in [6, 6.07) is 20.9. The number of anilines is 1. The van der Waals surface area contributed by atoms with E-state index in [4.69, 9.17) is 25.8 Å². The first kappa shape index (κ1) is 27.1. The molecule has 36 heavy (non-hydrogen) atoms. The molecule has 0 aliphatic rings. The third-order valence-corrected chi connectivity index (χ3v) is 6.06. The number of benzene rings is 3. The average Bonchev–Trinajstić information content (AvgIpc) is 2.91. The summed E-state index contributed by atoms with van der Waals surface area (Å²) < 4.78 is 16.2. The normalized spacial score (nSPS) is 10.5. The Hall–Kier alpha value is -3.51. The van der Waals surface area contributed by atoms with Crippen LogP contribution in [0.3, 0.4) is 0 Å². The first-order valence-electron chi connectivity index (χ1n) is 12.0. The lowest BCUT2D eigenvalue weighted by atomic mass is 10.1. The number of esters is 1. The fourth-order valence-corrected chi connectivity index (χ4v) is 3.97. The Morgan fingerprint density at radius 2 is 1.64 bits per heavy atom. The molecule has 0 radical (unpaired) electrons. The molecule has 7 heteroatoms. The van der Waals surface area contributed by atoms with Gasteiger partial charge in [0.15, 0.2) is 11.5 Å². The number of carbonyl (C=O) groups excluding carboxylic acids is 2. The van der Waals surface area contributed by atoms with Crippen molar-refractivity contribution in [1.82, 2.24) is 0 Å². The monoisotopic (exact) mass is 509 g/mol. The molecule has 0 aromatic heterocycles. The molecule has 0 bridgehead atoms. The van der Waals surface area contributed by atoms with Gasteiger partial charge in [-0.1, -0.05) is 48.0 Å². The number of carbonyl (C=O) groups is 2. The standard InChI is InChI=1S/C29H32ClNO5/c1-34-27-19-22(12-16-26(27)36-18-8-4-7-11-21-9-5-3-6-10-21)13-17-28(32)31-23-14-15-25(30)24(20-23)29(33)35-2/h3,5-6,9-10,12,14-16,19-20H,4,7-8,11,13,17-18H2,1-2H3,(H,31,32). The number of halogens is 1. The zero-order valence-electron chi connectivity index (χ0n) is 20.7. The number of rotatable bonds is 13. The Morgan fingerprint density at radius 3 is 2.39 bits per heavy atom. The first-order valence-corrected chi connectivity index (χ1v) is 12.4. The van der Waals surface area contributed by atoms with Crippen LogP contribution in [0.25, 0.3) is 0 Å². The third-order valence-electron chi connectivity index (χ3n) is 5.73. The van der Waals surface area contributed by atoms with Crippen LogP contribution in [-0.2, 0) is 22.4 Å². The molecule has 0 fully saturated rings. The Kier molecular flexibility index (Phi) is 10.6. The van der Waals surface area contributed by atoms with Gasteiger partial charge in [-0.05, 0) is 73.6 Å². The molecule has 0 heterocycles. The van der Waals surface area contributed by atoms with Crippen molar-refractivity contribution < 1.29 is 23.8 Å².